The van der Waals surface area contributed by atoms with Gasteiger partial charge in [0.1, 0.15) is 11.2 Å². The van der Waals surface area contributed by atoms with Crippen LogP contribution < -0.4 is 9.80 Å². The molecule has 266 valence electrons. The van der Waals surface area contributed by atoms with Crippen LogP contribution in [0.5, 0.6) is 0 Å². The lowest BCUT2D eigenvalue weighted by atomic mass is 9.63. The molecule has 0 aliphatic heterocycles. The van der Waals surface area contributed by atoms with Crippen molar-refractivity contribution in [2.45, 2.75) is 11.2 Å². The zero-order valence-corrected chi connectivity index (χ0v) is 31.5. The van der Waals surface area contributed by atoms with Crippen molar-refractivity contribution in [3.05, 3.63) is 250 Å². The van der Waals surface area contributed by atoms with Crippen LogP contribution in [0.3, 0.4) is 0 Å². The van der Waals surface area contributed by atoms with Gasteiger partial charge >= 0.3 is 0 Å². The number of halogens is 1. The highest BCUT2D eigenvalue weighted by molar-refractivity contribution is 9.10. The lowest BCUT2D eigenvalue weighted by Gasteiger charge is -2.45. The number of benzene rings is 8. The van der Waals surface area contributed by atoms with Crippen molar-refractivity contribution in [3.8, 4) is 0 Å². The zero-order chi connectivity index (χ0) is 37.4. The third-order valence-electron chi connectivity index (χ3n) is 10.6. The fourth-order valence-electron chi connectivity index (χ4n) is 8.06. The number of fused-ring (bicyclic) bond motifs is 2. The first-order valence-electron chi connectivity index (χ1n) is 18.3. The summed E-state index contributed by atoms with van der Waals surface area (Å²) in [7, 11) is 0. The molecule has 9 rings (SSSR count). The fraction of sp³-hybridized carbons (Fsp3) is 0.0400. The molecule has 1 aliphatic rings. The summed E-state index contributed by atoms with van der Waals surface area (Å²) in [5, 5.41) is 26.4. The van der Waals surface area contributed by atoms with Gasteiger partial charge in [0.2, 0.25) is 0 Å². The minimum atomic E-state index is -1.57. The highest BCUT2D eigenvalue weighted by Crippen LogP contribution is 2.54. The maximum absolute atomic E-state index is 13.2. The van der Waals surface area contributed by atoms with Gasteiger partial charge in [-0.15, -0.1) is 0 Å². The van der Waals surface area contributed by atoms with Gasteiger partial charge in [-0.1, -0.05) is 143 Å². The van der Waals surface area contributed by atoms with E-state index in [1.807, 2.05) is 140 Å². The molecule has 8 aromatic carbocycles. The van der Waals surface area contributed by atoms with Crippen molar-refractivity contribution in [2.24, 2.45) is 0 Å². The lowest BCUT2D eigenvalue weighted by Crippen LogP contribution is -2.44. The van der Waals surface area contributed by atoms with Gasteiger partial charge < -0.3 is 20.0 Å². The van der Waals surface area contributed by atoms with E-state index in [1.54, 1.807) is 0 Å². The standard InChI is InChI=1S/C50H37BrN2O2/c51-38-29-34-47-48(35-38)50(55,37-27-32-44(33-28-37)53(41-19-9-3-10-20-41)42-21-11-4-12-22-42)46-24-14-13-23-45(46)49(47,54)36-25-30-43(31-26-36)52(39-15-5-1-6-16-39)40-17-7-2-8-18-40/h1-35,54-55H. The predicted molar refractivity (Wildman–Crippen MR) is 227 cm³/mol. The number of hydrogen-bond acceptors (Lipinski definition) is 4. The van der Waals surface area contributed by atoms with Crippen LogP contribution in [0.25, 0.3) is 0 Å². The second-order valence-electron chi connectivity index (χ2n) is 13.8. The minimum absolute atomic E-state index is 0.609. The molecule has 55 heavy (non-hydrogen) atoms. The Morgan fingerprint density at radius 2 is 0.600 bits per heavy atom. The Labute approximate surface area is 330 Å². The smallest absolute Gasteiger partial charge is 0.141 e. The third-order valence-corrected chi connectivity index (χ3v) is 11.1. The molecule has 0 aromatic heterocycles. The molecule has 2 atom stereocenters. The first-order valence-corrected chi connectivity index (χ1v) is 19.1. The Morgan fingerprint density at radius 3 is 0.964 bits per heavy atom. The molecule has 0 saturated carbocycles. The van der Waals surface area contributed by atoms with Gasteiger partial charge in [-0.25, -0.2) is 0 Å². The summed E-state index contributed by atoms with van der Waals surface area (Å²) in [6.07, 6.45) is 0. The molecule has 5 heteroatoms. The Hall–Kier alpha value is -6.24. The maximum atomic E-state index is 13.2. The lowest BCUT2D eigenvalue weighted by molar-refractivity contribution is 0.0747. The van der Waals surface area contributed by atoms with Crippen molar-refractivity contribution >= 4 is 50.1 Å². The number of hydrogen-bond donors (Lipinski definition) is 2. The Balaban J connectivity index is 1.16. The maximum Gasteiger partial charge on any atom is 0.141 e. The highest BCUT2D eigenvalue weighted by atomic mass is 79.9. The summed E-state index contributed by atoms with van der Waals surface area (Å²) in [5.74, 6) is 0. The summed E-state index contributed by atoms with van der Waals surface area (Å²) in [6, 6.07) is 70.8. The van der Waals surface area contributed by atoms with Crippen molar-refractivity contribution < 1.29 is 10.2 Å². The normalized spacial score (nSPS) is 17.1. The van der Waals surface area contributed by atoms with Crippen LogP contribution in [0.4, 0.5) is 34.1 Å². The van der Waals surface area contributed by atoms with E-state index in [1.165, 1.54) is 0 Å². The van der Waals surface area contributed by atoms with E-state index in [0.29, 0.717) is 33.4 Å². The Morgan fingerprint density at radius 1 is 0.309 bits per heavy atom. The molecule has 0 amide bonds. The van der Waals surface area contributed by atoms with Crippen molar-refractivity contribution in [1.29, 1.82) is 0 Å². The second-order valence-corrected chi connectivity index (χ2v) is 14.7. The largest absolute Gasteiger partial charge is 0.376 e. The molecule has 0 heterocycles. The quantitative estimate of drug-likeness (QED) is 0.161. The first kappa shape index (κ1) is 34.5. The summed E-state index contributed by atoms with van der Waals surface area (Å²) in [6.45, 7) is 0. The fourth-order valence-corrected chi connectivity index (χ4v) is 8.42. The molecule has 2 unspecified atom stereocenters. The second kappa shape index (κ2) is 14.2. The van der Waals surface area contributed by atoms with Gasteiger partial charge in [-0.3, -0.25) is 0 Å². The molecule has 0 fully saturated rings. The van der Waals surface area contributed by atoms with Crippen LogP contribution >= 0.6 is 15.9 Å². The van der Waals surface area contributed by atoms with E-state index in [9.17, 15) is 10.2 Å². The Bertz CT molecular complexity index is 2490. The SMILES string of the molecule is OC1(c2ccc(N(c3ccccc3)c3ccccc3)cc2)c2ccccc2C(O)(c2ccc(N(c3ccccc3)c3ccccc3)cc2)c2cc(Br)ccc21. The summed E-state index contributed by atoms with van der Waals surface area (Å²) in [5.41, 5.74) is 6.80. The molecule has 0 saturated heterocycles. The summed E-state index contributed by atoms with van der Waals surface area (Å²) >= 11 is 3.70. The van der Waals surface area contributed by atoms with Crippen LogP contribution in [0, 0.1) is 0 Å². The van der Waals surface area contributed by atoms with Crippen molar-refractivity contribution in [3.63, 3.8) is 0 Å². The summed E-state index contributed by atoms with van der Waals surface area (Å²) in [4.78, 5) is 4.40. The van der Waals surface area contributed by atoms with Gasteiger partial charge in [-0.2, -0.15) is 0 Å². The van der Waals surface area contributed by atoms with Gasteiger partial charge in [0.05, 0.1) is 0 Å². The molecule has 0 radical (unpaired) electrons. The number of para-hydroxylation sites is 4. The molecule has 1 aliphatic carbocycles. The zero-order valence-electron chi connectivity index (χ0n) is 29.9. The third kappa shape index (κ3) is 5.94. The van der Waals surface area contributed by atoms with Gasteiger partial charge in [0, 0.05) is 44.2 Å². The van der Waals surface area contributed by atoms with E-state index >= 15 is 0 Å². The average Bonchev–Trinajstić information content (AvgIpc) is 3.25. The van der Waals surface area contributed by atoms with Crippen LogP contribution in [-0.4, -0.2) is 10.2 Å². The van der Waals surface area contributed by atoms with E-state index < -0.39 is 11.2 Å². The first-order chi connectivity index (χ1) is 27.0. The topological polar surface area (TPSA) is 46.9 Å². The van der Waals surface area contributed by atoms with E-state index in [-0.39, 0.29) is 0 Å². The molecular formula is C50H37BrN2O2. The van der Waals surface area contributed by atoms with Crippen LogP contribution in [0.15, 0.2) is 217 Å². The van der Waals surface area contributed by atoms with E-state index in [2.05, 4.69) is 98.5 Å². The number of rotatable bonds is 8. The molecule has 2 N–H and O–H groups in total. The van der Waals surface area contributed by atoms with Crippen LogP contribution in [0.2, 0.25) is 0 Å². The summed E-state index contributed by atoms with van der Waals surface area (Å²) < 4.78 is 0.805. The van der Waals surface area contributed by atoms with E-state index in [0.717, 1.165) is 38.6 Å². The number of anilines is 6. The van der Waals surface area contributed by atoms with E-state index in [4.69, 9.17) is 0 Å². The highest BCUT2D eigenvalue weighted by Gasteiger charge is 2.51. The molecular weight excluding hydrogens is 740 g/mol. The number of aliphatic hydroxyl groups is 2. The molecule has 8 aromatic rings. The average molecular weight is 778 g/mol. The molecule has 0 spiro atoms. The monoisotopic (exact) mass is 776 g/mol. The molecule has 4 nitrogen and oxygen atoms in total. The van der Waals surface area contributed by atoms with Crippen LogP contribution in [0.1, 0.15) is 33.4 Å². The number of nitrogens with zero attached hydrogens (tertiary/aromatic N) is 2. The van der Waals surface area contributed by atoms with Crippen LogP contribution in [-0.2, 0) is 11.2 Å². The van der Waals surface area contributed by atoms with Gasteiger partial charge in [-0.05, 0) is 113 Å². The van der Waals surface area contributed by atoms with Crippen molar-refractivity contribution in [1.82, 2.24) is 0 Å². The minimum Gasteiger partial charge on any atom is -0.376 e. The molecule has 0 bridgehead atoms. The van der Waals surface area contributed by atoms with Gasteiger partial charge in [0.15, 0.2) is 0 Å². The Kier molecular flexibility index (Phi) is 8.91. The van der Waals surface area contributed by atoms with Gasteiger partial charge in [0.25, 0.3) is 0 Å². The predicted octanol–water partition coefficient (Wildman–Crippen LogP) is 12.3. The van der Waals surface area contributed by atoms with Crippen molar-refractivity contribution in [2.75, 3.05) is 9.80 Å².